The molecule has 0 aliphatic carbocycles. The third-order valence-electron chi connectivity index (χ3n) is 5.60. The van der Waals surface area contributed by atoms with Crippen molar-refractivity contribution in [3.05, 3.63) is 34.4 Å². The molecular weight excluding hydrogens is 453 g/mol. The highest BCUT2D eigenvalue weighted by atomic mass is 35.5. The monoisotopic (exact) mass is 479 g/mol. The summed E-state index contributed by atoms with van der Waals surface area (Å²) in [4.78, 5) is 21.3. The molecule has 0 saturated carbocycles. The number of morpholine rings is 1. The molecule has 1 unspecified atom stereocenters. The van der Waals surface area contributed by atoms with Crippen LogP contribution in [0.4, 0.5) is 11.6 Å². The second-order valence-electron chi connectivity index (χ2n) is 7.90. The van der Waals surface area contributed by atoms with Gasteiger partial charge in [0.1, 0.15) is 17.7 Å². The van der Waals surface area contributed by atoms with Crippen molar-refractivity contribution in [2.24, 2.45) is 5.92 Å². The fourth-order valence-electron chi connectivity index (χ4n) is 3.71. The van der Waals surface area contributed by atoms with E-state index < -0.39 is 6.10 Å². The second-order valence-corrected chi connectivity index (χ2v) is 8.71. The lowest BCUT2D eigenvalue weighted by atomic mass is 10.0. The standard InChI is InChI=1S/C22H27Cl2N5O3/c23-16-1-2-20(26-10-14-3-6-31-7-4-14)29-22(16)15-9-21(27-11-17(15)24)28-12-18(30)19-13-25-5-8-32-19/h1-2,9,11,14,19,25H,3-8,10,12-13H2,(H,26,29)(H,27,28). The Balaban J connectivity index is 1.44. The van der Waals surface area contributed by atoms with Gasteiger partial charge in [0.05, 0.1) is 28.9 Å². The molecule has 2 saturated heterocycles. The summed E-state index contributed by atoms with van der Waals surface area (Å²) in [5, 5.41) is 10.5. The molecule has 3 N–H and O–H groups in total. The van der Waals surface area contributed by atoms with Gasteiger partial charge in [-0.05, 0) is 37.0 Å². The number of halogens is 2. The van der Waals surface area contributed by atoms with E-state index in [4.69, 9.17) is 32.7 Å². The summed E-state index contributed by atoms with van der Waals surface area (Å²) in [5.74, 6) is 1.77. The number of carbonyl (C=O) groups excluding carboxylic acids is 1. The van der Waals surface area contributed by atoms with E-state index >= 15 is 0 Å². The number of nitrogens with zero attached hydrogens (tertiary/aromatic N) is 2. The zero-order chi connectivity index (χ0) is 22.3. The Morgan fingerprint density at radius 1 is 1.12 bits per heavy atom. The van der Waals surface area contributed by atoms with Crippen LogP contribution in [-0.4, -0.2) is 67.9 Å². The maximum absolute atomic E-state index is 12.4. The Hall–Kier alpha value is -1.97. The Kier molecular flexibility index (Phi) is 8.15. The average molecular weight is 480 g/mol. The minimum atomic E-state index is -0.447. The molecule has 2 aromatic heterocycles. The first kappa shape index (κ1) is 23.2. The predicted octanol–water partition coefficient (Wildman–Crippen LogP) is 3.26. The van der Waals surface area contributed by atoms with Crippen molar-refractivity contribution >= 4 is 40.6 Å². The first-order valence-electron chi connectivity index (χ1n) is 10.8. The van der Waals surface area contributed by atoms with Crippen LogP contribution >= 0.6 is 23.2 Å². The van der Waals surface area contributed by atoms with Crippen LogP contribution in [0.15, 0.2) is 24.4 Å². The quantitative estimate of drug-likeness (QED) is 0.530. The summed E-state index contributed by atoms with van der Waals surface area (Å²) < 4.78 is 10.9. The van der Waals surface area contributed by atoms with Crippen molar-refractivity contribution in [1.29, 1.82) is 0 Å². The van der Waals surface area contributed by atoms with Crippen LogP contribution in [0.1, 0.15) is 12.8 Å². The molecule has 0 aromatic carbocycles. The van der Waals surface area contributed by atoms with Crippen LogP contribution in [0, 0.1) is 5.92 Å². The lowest BCUT2D eigenvalue weighted by molar-refractivity contribution is -0.130. The van der Waals surface area contributed by atoms with Crippen LogP contribution < -0.4 is 16.0 Å². The van der Waals surface area contributed by atoms with Gasteiger partial charge in [0, 0.05) is 44.6 Å². The smallest absolute Gasteiger partial charge is 0.181 e. The van der Waals surface area contributed by atoms with Crippen molar-refractivity contribution in [3.63, 3.8) is 0 Å². The molecule has 2 aromatic rings. The predicted molar refractivity (Wildman–Crippen MR) is 126 cm³/mol. The molecule has 2 aliphatic rings. The number of Topliss-reactive ketones (excluding diaryl/α,β-unsaturated/α-hetero) is 1. The van der Waals surface area contributed by atoms with Crippen LogP contribution in [-0.2, 0) is 14.3 Å². The Labute approximate surface area is 197 Å². The van der Waals surface area contributed by atoms with Gasteiger partial charge < -0.3 is 25.4 Å². The summed E-state index contributed by atoms with van der Waals surface area (Å²) in [5.41, 5.74) is 1.21. The summed E-state index contributed by atoms with van der Waals surface area (Å²) >= 11 is 12.9. The lowest BCUT2D eigenvalue weighted by Crippen LogP contribution is -2.45. The van der Waals surface area contributed by atoms with E-state index in [9.17, 15) is 4.79 Å². The number of carbonyl (C=O) groups is 1. The Bertz CT molecular complexity index is 934. The minimum absolute atomic E-state index is 0.0361. The molecule has 0 radical (unpaired) electrons. The highest BCUT2D eigenvalue weighted by Crippen LogP contribution is 2.34. The first-order chi connectivity index (χ1) is 15.6. The van der Waals surface area contributed by atoms with Crippen LogP contribution in [0.25, 0.3) is 11.3 Å². The van der Waals surface area contributed by atoms with Crippen LogP contribution in [0.2, 0.25) is 10.0 Å². The van der Waals surface area contributed by atoms with Crippen molar-refractivity contribution in [1.82, 2.24) is 15.3 Å². The number of pyridine rings is 2. The van der Waals surface area contributed by atoms with Crippen molar-refractivity contribution in [3.8, 4) is 11.3 Å². The van der Waals surface area contributed by atoms with Crippen molar-refractivity contribution < 1.29 is 14.3 Å². The fraction of sp³-hybridized carbons (Fsp3) is 0.500. The van der Waals surface area contributed by atoms with Gasteiger partial charge in [0.25, 0.3) is 0 Å². The Morgan fingerprint density at radius 2 is 1.97 bits per heavy atom. The van der Waals surface area contributed by atoms with E-state index in [0.717, 1.165) is 45.0 Å². The van der Waals surface area contributed by atoms with Gasteiger partial charge in [-0.2, -0.15) is 0 Å². The lowest BCUT2D eigenvalue weighted by Gasteiger charge is -2.22. The Morgan fingerprint density at radius 3 is 2.75 bits per heavy atom. The largest absolute Gasteiger partial charge is 0.381 e. The zero-order valence-corrected chi connectivity index (χ0v) is 19.2. The van der Waals surface area contributed by atoms with Gasteiger partial charge in [-0.1, -0.05) is 23.2 Å². The molecule has 4 heterocycles. The van der Waals surface area contributed by atoms with Gasteiger partial charge in [-0.3, -0.25) is 4.79 Å². The maximum Gasteiger partial charge on any atom is 0.181 e. The van der Waals surface area contributed by atoms with E-state index in [0.29, 0.717) is 46.2 Å². The SMILES string of the molecule is O=C(CNc1cc(-c2nc(NCC3CCOCC3)ccc2Cl)c(Cl)cn1)C1CNCCO1. The average Bonchev–Trinajstić information content (AvgIpc) is 2.84. The molecule has 4 rings (SSSR count). The normalized spacial score (nSPS) is 19.5. The molecule has 0 bridgehead atoms. The number of hydrogen-bond donors (Lipinski definition) is 3. The molecule has 2 fully saturated rings. The summed E-state index contributed by atoms with van der Waals surface area (Å²) in [6.45, 7) is 4.36. The highest BCUT2D eigenvalue weighted by molar-refractivity contribution is 6.36. The van der Waals surface area contributed by atoms with Crippen molar-refractivity contribution in [2.75, 3.05) is 56.6 Å². The van der Waals surface area contributed by atoms with Gasteiger partial charge >= 0.3 is 0 Å². The van der Waals surface area contributed by atoms with E-state index in [1.54, 1.807) is 12.1 Å². The van der Waals surface area contributed by atoms with E-state index in [1.807, 2.05) is 6.07 Å². The molecule has 0 spiro atoms. The highest BCUT2D eigenvalue weighted by Gasteiger charge is 2.21. The zero-order valence-electron chi connectivity index (χ0n) is 17.7. The second kappa shape index (κ2) is 11.2. The molecular formula is C22H27Cl2N5O3. The van der Waals surface area contributed by atoms with E-state index in [1.165, 1.54) is 6.20 Å². The number of hydrogen-bond acceptors (Lipinski definition) is 8. The van der Waals surface area contributed by atoms with E-state index in [2.05, 4.69) is 25.9 Å². The van der Waals surface area contributed by atoms with Crippen LogP contribution in [0.5, 0.6) is 0 Å². The summed E-state index contributed by atoms with van der Waals surface area (Å²) in [7, 11) is 0. The van der Waals surface area contributed by atoms with Gasteiger partial charge in [-0.15, -0.1) is 0 Å². The molecule has 8 nitrogen and oxygen atoms in total. The first-order valence-corrected chi connectivity index (χ1v) is 11.6. The molecule has 10 heteroatoms. The molecule has 2 aliphatic heterocycles. The molecule has 1 atom stereocenters. The van der Waals surface area contributed by atoms with E-state index in [-0.39, 0.29) is 12.3 Å². The third-order valence-corrected chi connectivity index (χ3v) is 6.21. The summed E-state index contributed by atoms with van der Waals surface area (Å²) in [6, 6.07) is 5.42. The third kappa shape index (κ3) is 6.08. The fourth-order valence-corrected chi connectivity index (χ4v) is 4.11. The minimum Gasteiger partial charge on any atom is -0.381 e. The maximum atomic E-state index is 12.4. The topological polar surface area (TPSA) is 97.4 Å². The number of nitrogens with one attached hydrogen (secondary N) is 3. The van der Waals surface area contributed by atoms with Crippen molar-refractivity contribution in [2.45, 2.75) is 18.9 Å². The number of ketones is 1. The summed E-state index contributed by atoms with van der Waals surface area (Å²) in [6.07, 6.45) is 3.17. The van der Waals surface area contributed by atoms with Crippen LogP contribution in [0.3, 0.4) is 0 Å². The number of rotatable bonds is 8. The molecule has 172 valence electrons. The van der Waals surface area contributed by atoms with Gasteiger partial charge in [0.15, 0.2) is 5.78 Å². The number of ether oxygens (including phenoxy) is 2. The van der Waals surface area contributed by atoms with Gasteiger partial charge in [-0.25, -0.2) is 9.97 Å². The number of anilines is 2. The number of aromatic nitrogens is 2. The van der Waals surface area contributed by atoms with Gasteiger partial charge in [0.2, 0.25) is 0 Å². The molecule has 32 heavy (non-hydrogen) atoms. The molecule has 0 amide bonds.